The molecule has 1 radical (unpaired) electrons. The van der Waals surface area contributed by atoms with E-state index in [1.807, 2.05) is 0 Å². The first-order valence-electron chi connectivity index (χ1n) is 4.39. The van der Waals surface area contributed by atoms with E-state index < -0.39 is 0 Å². The van der Waals surface area contributed by atoms with Gasteiger partial charge < -0.3 is 4.90 Å². The number of azide groups is 1. The van der Waals surface area contributed by atoms with Crippen molar-refractivity contribution in [2.24, 2.45) is 5.11 Å². The fourth-order valence-corrected chi connectivity index (χ4v) is 1.26. The monoisotopic (exact) mass is 357 g/mol. The molecule has 0 aromatic rings. The van der Waals surface area contributed by atoms with Crippen LogP contribution in [0.25, 0.3) is 10.4 Å². The first kappa shape index (κ1) is 15.4. The maximum atomic E-state index is 7.33. The molecule has 0 amide bonds. The minimum atomic E-state index is 0. The molecule has 0 aliphatic carbocycles. The van der Waals surface area contributed by atoms with Crippen LogP contribution in [0.2, 0.25) is 0 Å². The van der Waals surface area contributed by atoms with Crippen molar-refractivity contribution in [2.75, 3.05) is 20.1 Å². The van der Waals surface area contributed by atoms with Crippen molar-refractivity contribution in [3.8, 4) is 0 Å². The number of hydrogen-bond acceptors (Lipinski definition) is 2. The second-order valence-corrected chi connectivity index (χ2v) is 3.13. The quantitative estimate of drug-likeness (QED) is 0.404. The van der Waals surface area contributed by atoms with Gasteiger partial charge in [0.25, 0.3) is 0 Å². The van der Waals surface area contributed by atoms with E-state index >= 15 is 0 Å². The van der Waals surface area contributed by atoms with Gasteiger partial charge >= 0.3 is 0 Å². The van der Waals surface area contributed by atoms with Crippen molar-refractivity contribution in [3.63, 3.8) is 0 Å². The molecule has 4 nitrogen and oxygen atoms in total. The fourth-order valence-electron chi connectivity index (χ4n) is 1.26. The maximum Gasteiger partial charge on any atom is 0.0139 e. The van der Waals surface area contributed by atoms with Crippen LogP contribution in [-0.4, -0.2) is 31.1 Å². The van der Waals surface area contributed by atoms with Crippen LogP contribution in [-0.2, 0) is 20.4 Å². The van der Waals surface area contributed by atoms with E-state index in [9.17, 15) is 0 Å². The van der Waals surface area contributed by atoms with Crippen molar-refractivity contribution in [1.82, 2.24) is 4.90 Å². The molecular formula is C8H18N4Re. The Bertz CT molecular complexity index is 148. The predicted molar refractivity (Wildman–Crippen MR) is 51.0 cm³/mol. The molecule has 0 atom stereocenters. The molecule has 1 aliphatic rings. The third-order valence-electron chi connectivity index (χ3n) is 1.96. The molecule has 1 saturated heterocycles. The van der Waals surface area contributed by atoms with Gasteiger partial charge in [0.2, 0.25) is 0 Å². The smallest absolute Gasteiger partial charge is 0.0139 e. The van der Waals surface area contributed by atoms with E-state index in [1.54, 1.807) is 0 Å². The van der Waals surface area contributed by atoms with Crippen LogP contribution >= 0.6 is 0 Å². The summed E-state index contributed by atoms with van der Waals surface area (Å²) >= 11 is 0. The first-order valence-corrected chi connectivity index (χ1v) is 4.39. The molecule has 0 saturated carbocycles. The van der Waals surface area contributed by atoms with Gasteiger partial charge in [0, 0.05) is 38.4 Å². The third-order valence-corrected chi connectivity index (χ3v) is 1.96. The molecule has 0 aromatic heterocycles. The summed E-state index contributed by atoms with van der Waals surface area (Å²) in [6.07, 6.45) is 2.83. The zero-order valence-electron chi connectivity index (χ0n) is 8.57. The molecule has 1 heterocycles. The SMILES string of the molecule is CC(C)N1CCCC1.CN=[N+]=[N-].[Re]. The Morgan fingerprint density at radius 2 is 1.69 bits per heavy atom. The van der Waals surface area contributed by atoms with Crippen LogP contribution in [0.3, 0.4) is 0 Å². The topological polar surface area (TPSA) is 52.0 Å². The van der Waals surface area contributed by atoms with E-state index in [0.717, 1.165) is 6.04 Å². The zero-order valence-corrected chi connectivity index (χ0v) is 11.3. The number of likely N-dealkylation sites (tertiary alicyclic amines) is 1. The number of hydrogen-bond donors (Lipinski definition) is 0. The second kappa shape index (κ2) is 10.0. The summed E-state index contributed by atoms with van der Waals surface area (Å²) in [5.41, 5.74) is 7.33. The van der Waals surface area contributed by atoms with Gasteiger partial charge in [-0.25, -0.2) is 0 Å². The van der Waals surface area contributed by atoms with E-state index in [0.29, 0.717) is 0 Å². The summed E-state index contributed by atoms with van der Waals surface area (Å²) in [5.74, 6) is 0. The van der Waals surface area contributed by atoms with Gasteiger partial charge in [0.05, 0.1) is 0 Å². The summed E-state index contributed by atoms with van der Waals surface area (Å²) in [6, 6.07) is 0.775. The summed E-state index contributed by atoms with van der Waals surface area (Å²) in [4.78, 5) is 4.89. The third kappa shape index (κ3) is 8.27. The molecule has 0 bridgehead atoms. The van der Waals surface area contributed by atoms with Crippen LogP contribution in [0.4, 0.5) is 0 Å². The zero-order chi connectivity index (χ0) is 9.40. The van der Waals surface area contributed by atoms with Crippen molar-refractivity contribution < 1.29 is 20.4 Å². The van der Waals surface area contributed by atoms with Crippen molar-refractivity contribution >= 4 is 0 Å². The van der Waals surface area contributed by atoms with Crippen LogP contribution in [0.15, 0.2) is 5.11 Å². The summed E-state index contributed by atoms with van der Waals surface area (Å²) in [6.45, 7) is 7.20. The summed E-state index contributed by atoms with van der Waals surface area (Å²) < 4.78 is 0. The van der Waals surface area contributed by atoms with Crippen molar-refractivity contribution in [2.45, 2.75) is 32.7 Å². The molecule has 0 spiro atoms. The van der Waals surface area contributed by atoms with Gasteiger partial charge in [-0.05, 0) is 45.3 Å². The Balaban J connectivity index is 0. The van der Waals surface area contributed by atoms with Gasteiger partial charge in [-0.15, -0.1) is 0 Å². The van der Waals surface area contributed by atoms with E-state index in [4.69, 9.17) is 5.53 Å². The largest absolute Gasteiger partial charge is 0.301 e. The molecule has 77 valence electrons. The Morgan fingerprint density at radius 1 is 1.31 bits per heavy atom. The van der Waals surface area contributed by atoms with Crippen LogP contribution in [0, 0.1) is 0 Å². The minimum Gasteiger partial charge on any atom is -0.301 e. The summed E-state index contributed by atoms with van der Waals surface area (Å²) in [5, 5.41) is 2.92. The van der Waals surface area contributed by atoms with Crippen LogP contribution < -0.4 is 0 Å². The average Bonchev–Trinajstić information content (AvgIpc) is 2.57. The van der Waals surface area contributed by atoms with Gasteiger partial charge in [-0.2, -0.15) is 0 Å². The Labute approximate surface area is 94.0 Å². The molecule has 5 heteroatoms. The maximum absolute atomic E-state index is 7.33. The molecule has 1 fully saturated rings. The average molecular weight is 356 g/mol. The van der Waals surface area contributed by atoms with E-state index in [2.05, 4.69) is 28.8 Å². The molecule has 13 heavy (non-hydrogen) atoms. The van der Waals surface area contributed by atoms with E-state index in [1.165, 1.54) is 33.0 Å². The first-order chi connectivity index (χ1) is 5.72. The molecule has 1 rings (SSSR count). The second-order valence-electron chi connectivity index (χ2n) is 3.13. The van der Waals surface area contributed by atoms with Gasteiger partial charge in [0.1, 0.15) is 0 Å². The van der Waals surface area contributed by atoms with Gasteiger partial charge in [-0.1, -0.05) is 5.11 Å². The van der Waals surface area contributed by atoms with Gasteiger partial charge in [0.15, 0.2) is 0 Å². The molecule has 0 N–H and O–H groups in total. The van der Waals surface area contributed by atoms with E-state index in [-0.39, 0.29) is 20.4 Å². The van der Waals surface area contributed by atoms with Crippen LogP contribution in [0.1, 0.15) is 26.7 Å². The molecule has 1 aliphatic heterocycles. The summed E-state index contributed by atoms with van der Waals surface area (Å²) in [7, 11) is 1.39. The van der Waals surface area contributed by atoms with Crippen LogP contribution in [0.5, 0.6) is 0 Å². The fraction of sp³-hybridized carbons (Fsp3) is 1.00. The standard InChI is InChI=1S/C7H15N.CH3N3.Re/c1-7(2)8-5-3-4-6-8;1-3-4-2;/h7H,3-6H2,1-2H3;1H3;. The Kier molecular flexibility index (Phi) is 11.9. The molecular weight excluding hydrogens is 338 g/mol. The number of nitrogens with zero attached hydrogens (tertiary/aromatic N) is 4. The van der Waals surface area contributed by atoms with Gasteiger partial charge in [-0.3, -0.25) is 0 Å². The molecule has 0 aromatic carbocycles. The normalized spacial score (nSPS) is 15.4. The minimum absolute atomic E-state index is 0. The van der Waals surface area contributed by atoms with Crippen molar-refractivity contribution in [1.29, 1.82) is 0 Å². The predicted octanol–water partition coefficient (Wildman–Crippen LogP) is 2.41. The Morgan fingerprint density at radius 3 is 1.85 bits per heavy atom. The van der Waals surface area contributed by atoms with Crippen molar-refractivity contribution in [3.05, 3.63) is 10.4 Å². The molecule has 0 unspecified atom stereocenters. The Hall–Kier alpha value is -0.0677. The number of rotatable bonds is 1.